The Kier molecular flexibility index (Phi) is 6.53. The lowest BCUT2D eigenvalue weighted by Crippen LogP contribution is -2.45. The van der Waals surface area contributed by atoms with Crippen molar-refractivity contribution in [1.29, 1.82) is 0 Å². The van der Waals surface area contributed by atoms with E-state index in [1.165, 1.54) is 28.6 Å². The van der Waals surface area contributed by atoms with E-state index in [4.69, 9.17) is 5.73 Å². The molecule has 1 aliphatic rings. The molecule has 0 bridgehead atoms. The molecular weight excluding hydrogens is 342 g/mol. The third kappa shape index (κ3) is 4.37. The summed E-state index contributed by atoms with van der Waals surface area (Å²) in [5, 5.41) is 11.3. The summed E-state index contributed by atoms with van der Waals surface area (Å²) >= 11 is 0. The van der Waals surface area contributed by atoms with Crippen molar-refractivity contribution in [1.82, 2.24) is 4.31 Å². The predicted molar refractivity (Wildman–Crippen MR) is 96.6 cm³/mol. The first-order valence-electron chi connectivity index (χ1n) is 8.74. The Morgan fingerprint density at radius 2 is 1.92 bits per heavy atom. The van der Waals surface area contributed by atoms with E-state index in [1.54, 1.807) is 0 Å². The highest BCUT2D eigenvalue weighted by Gasteiger charge is 2.38. The second-order valence-electron chi connectivity index (χ2n) is 6.90. The van der Waals surface area contributed by atoms with Gasteiger partial charge in [0.05, 0.1) is 4.92 Å². The van der Waals surface area contributed by atoms with Crippen LogP contribution in [0.15, 0.2) is 29.2 Å². The number of sulfonamides is 1. The fraction of sp³-hybridized carbons (Fsp3) is 0.647. The maximum Gasteiger partial charge on any atom is 0.289 e. The molecule has 0 radical (unpaired) electrons. The van der Waals surface area contributed by atoms with Gasteiger partial charge in [0, 0.05) is 18.7 Å². The molecule has 0 heterocycles. The molecule has 2 rings (SSSR count). The second-order valence-corrected chi connectivity index (χ2v) is 8.76. The van der Waals surface area contributed by atoms with Crippen LogP contribution >= 0.6 is 0 Å². The van der Waals surface area contributed by atoms with Gasteiger partial charge in [-0.2, -0.15) is 4.31 Å². The zero-order valence-electron chi connectivity index (χ0n) is 14.8. The van der Waals surface area contributed by atoms with Gasteiger partial charge in [0.1, 0.15) is 0 Å². The maximum absolute atomic E-state index is 13.2. The molecule has 1 fully saturated rings. The average molecular weight is 369 g/mol. The van der Waals surface area contributed by atoms with Crippen molar-refractivity contribution in [3.63, 3.8) is 0 Å². The summed E-state index contributed by atoms with van der Waals surface area (Å²) in [6, 6.07) is 5.41. The van der Waals surface area contributed by atoms with Crippen LogP contribution in [0.4, 0.5) is 5.69 Å². The number of nitro benzene ring substituents is 1. The Bertz CT molecular complexity index is 708. The Balaban J connectivity index is 2.41. The highest BCUT2D eigenvalue weighted by atomic mass is 32.2. The molecule has 0 aliphatic heterocycles. The molecule has 2 N–H and O–H groups in total. The van der Waals surface area contributed by atoms with Gasteiger partial charge in [-0.3, -0.25) is 10.1 Å². The van der Waals surface area contributed by atoms with Crippen molar-refractivity contribution < 1.29 is 13.3 Å². The van der Waals surface area contributed by atoms with Gasteiger partial charge < -0.3 is 5.73 Å². The van der Waals surface area contributed by atoms with E-state index >= 15 is 0 Å². The van der Waals surface area contributed by atoms with E-state index in [0.29, 0.717) is 24.8 Å². The SMILES string of the molecule is CC1CCC(N(CCCN)S(=O)(=O)c2ccccc2[N+](=O)[O-])CC1C. The minimum absolute atomic E-state index is 0.137. The Labute approximate surface area is 149 Å². The van der Waals surface area contributed by atoms with E-state index in [-0.39, 0.29) is 23.2 Å². The molecule has 1 aromatic rings. The Morgan fingerprint density at radius 3 is 2.52 bits per heavy atom. The lowest BCUT2D eigenvalue weighted by atomic mass is 9.79. The number of hydrogen-bond donors (Lipinski definition) is 1. The molecule has 140 valence electrons. The molecule has 1 aromatic carbocycles. The third-order valence-electron chi connectivity index (χ3n) is 5.21. The molecule has 25 heavy (non-hydrogen) atoms. The van der Waals surface area contributed by atoms with Gasteiger partial charge in [-0.05, 0) is 50.1 Å². The number of nitrogens with zero attached hydrogens (tertiary/aromatic N) is 2. The van der Waals surface area contributed by atoms with E-state index in [0.717, 1.165) is 19.3 Å². The van der Waals surface area contributed by atoms with E-state index in [1.807, 2.05) is 0 Å². The monoisotopic (exact) mass is 369 g/mol. The number of para-hydroxylation sites is 1. The number of nitro groups is 1. The molecule has 8 heteroatoms. The summed E-state index contributed by atoms with van der Waals surface area (Å²) in [4.78, 5) is 10.4. The Hall–Kier alpha value is -1.51. The van der Waals surface area contributed by atoms with E-state index in [9.17, 15) is 18.5 Å². The maximum atomic E-state index is 13.2. The molecule has 1 saturated carbocycles. The fourth-order valence-electron chi connectivity index (χ4n) is 3.48. The summed E-state index contributed by atoms with van der Waals surface area (Å²) in [5.41, 5.74) is 5.21. The molecule has 0 spiro atoms. The highest BCUT2D eigenvalue weighted by molar-refractivity contribution is 7.89. The van der Waals surface area contributed by atoms with Crippen LogP contribution in [0.1, 0.15) is 39.5 Å². The van der Waals surface area contributed by atoms with Gasteiger partial charge in [0.25, 0.3) is 5.69 Å². The summed E-state index contributed by atoms with van der Waals surface area (Å²) in [5.74, 6) is 0.974. The number of hydrogen-bond acceptors (Lipinski definition) is 5. The van der Waals surface area contributed by atoms with Crippen LogP contribution in [0.5, 0.6) is 0 Å². The average Bonchev–Trinajstić information content (AvgIpc) is 2.58. The zero-order chi connectivity index (χ0) is 18.6. The standard InChI is InChI=1S/C17H27N3O4S/c1-13-8-9-15(12-14(13)2)19(11-5-10-18)25(23,24)17-7-4-3-6-16(17)20(21)22/h3-4,6-7,13-15H,5,8-12,18H2,1-2H3. The highest BCUT2D eigenvalue weighted by Crippen LogP contribution is 2.36. The lowest BCUT2D eigenvalue weighted by Gasteiger charge is -2.38. The summed E-state index contributed by atoms with van der Waals surface area (Å²) in [6.07, 6.45) is 3.03. The Morgan fingerprint density at radius 1 is 1.24 bits per heavy atom. The third-order valence-corrected chi connectivity index (χ3v) is 7.21. The number of rotatable bonds is 7. The van der Waals surface area contributed by atoms with Crippen molar-refractivity contribution in [3.05, 3.63) is 34.4 Å². The molecule has 3 unspecified atom stereocenters. The molecule has 7 nitrogen and oxygen atoms in total. The lowest BCUT2D eigenvalue weighted by molar-refractivity contribution is -0.387. The molecule has 1 aliphatic carbocycles. The minimum atomic E-state index is -3.95. The van der Waals surface area contributed by atoms with Gasteiger partial charge >= 0.3 is 0 Å². The minimum Gasteiger partial charge on any atom is -0.330 e. The first-order valence-corrected chi connectivity index (χ1v) is 10.2. The quantitative estimate of drug-likeness (QED) is 0.587. The predicted octanol–water partition coefficient (Wildman–Crippen LogP) is 2.76. The van der Waals surface area contributed by atoms with Crippen LogP contribution in [0.3, 0.4) is 0 Å². The molecule has 0 amide bonds. The van der Waals surface area contributed by atoms with Gasteiger partial charge in [0.15, 0.2) is 4.90 Å². The van der Waals surface area contributed by atoms with Crippen molar-refractivity contribution in [2.24, 2.45) is 17.6 Å². The first kappa shape index (κ1) is 19.8. The van der Waals surface area contributed by atoms with Crippen molar-refractivity contribution in [3.8, 4) is 0 Å². The van der Waals surface area contributed by atoms with Crippen LogP contribution < -0.4 is 5.73 Å². The van der Waals surface area contributed by atoms with Crippen LogP contribution in [-0.4, -0.2) is 36.8 Å². The van der Waals surface area contributed by atoms with Gasteiger partial charge in [-0.25, -0.2) is 8.42 Å². The van der Waals surface area contributed by atoms with Crippen molar-refractivity contribution in [2.75, 3.05) is 13.1 Å². The second kappa shape index (κ2) is 8.25. The van der Waals surface area contributed by atoms with Crippen molar-refractivity contribution in [2.45, 2.75) is 50.5 Å². The zero-order valence-corrected chi connectivity index (χ0v) is 15.6. The summed E-state index contributed by atoms with van der Waals surface area (Å²) in [6.45, 7) is 4.98. The van der Waals surface area contributed by atoms with Gasteiger partial charge in [-0.1, -0.05) is 26.0 Å². The fourth-order valence-corrected chi connectivity index (χ4v) is 5.34. The van der Waals surface area contributed by atoms with Crippen LogP contribution in [0, 0.1) is 22.0 Å². The molecule has 3 atom stereocenters. The first-order chi connectivity index (χ1) is 11.8. The topological polar surface area (TPSA) is 107 Å². The largest absolute Gasteiger partial charge is 0.330 e. The smallest absolute Gasteiger partial charge is 0.289 e. The number of nitrogens with two attached hydrogens (primary N) is 1. The van der Waals surface area contributed by atoms with Crippen LogP contribution in [0.25, 0.3) is 0 Å². The van der Waals surface area contributed by atoms with Gasteiger partial charge in [-0.15, -0.1) is 0 Å². The van der Waals surface area contributed by atoms with E-state index in [2.05, 4.69) is 13.8 Å². The van der Waals surface area contributed by atoms with Crippen molar-refractivity contribution >= 4 is 15.7 Å². The van der Waals surface area contributed by atoms with Crippen LogP contribution in [-0.2, 0) is 10.0 Å². The summed E-state index contributed by atoms with van der Waals surface area (Å²) in [7, 11) is -3.95. The normalized spacial score (nSPS) is 24.4. The molecule has 0 saturated heterocycles. The van der Waals surface area contributed by atoms with Crippen LogP contribution in [0.2, 0.25) is 0 Å². The summed E-state index contributed by atoms with van der Waals surface area (Å²) < 4.78 is 27.9. The number of benzene rings is 1. The van der Waals surface area contributed by atoms with E-state index < -0.39 is 14.9 Å². The molecular formula is C17H27N3O4S. The molecule has 0 aromatic heterocycles. The van der Waals surface area contributed by atoms with Gasteiger partial charge in [0.2, 0.25) is 10.0 Å².